The molecule has 0 bridgehead atoms. The maximum Gasteiger partial charge on any atom is 0.410 e. The van der Waals surface area contributed by atoms with Crippen molar-refractivity contribution in [1.29, 1.82) is 0 Å². The molecule has 1 unspecified atom stereocenters. The van der Waals surface area contributed by atoms with Crippen LogP contribution < -0.4 is 4.90 Å². The van der Waals surface area contributed by atoms with Gasteiger partial charge in [0.1, 0.15) is 5.60 Å². The van der Waals surface area contributed by atoms with Gasteiger partial charge in [0.05, 0.1) is 0 Å². The molecule has 0 spiro atoms. The van der Waals surface area contributed by atoms with Crippen molar-refractivity contribution >= 4 is 12.0 Å². The van der Waals surface area contributed by atoms with Crippen LogP contribution in [0.1, 0.15) is 39.3 Å². The molecular weight excluding hydrogens is 280 g/mol. The second-order valence-corrected chi connectivity index (χ2v) is 6.83. The molecule has 1 aliphatic rings. The number of rotatable bonds is 2. The molecule has 0 radical (unpaired) electrons. The number of aromatic nitrogens is 2. The van der Waals surface area contributed by atoms with E-state index in [2.05, 4.69) is 14.9 Å². The Bertz CT molecular complexity index is 527. The summed E-state index contributed by atoms with van der Waals surface area (Å²) in [5, 5.41) is 0. The Morgan fingerprint density at radius 1 is 1.45 bits per heavy atom. The van der Waals surface area contributed by atoms with Crippen molar-refractivity contribution in [3.8, 4) is 0 Å². The van der Waals surface area contributed by atoms with Crippen LogP contribution in [0, 0.1) is 6.92 Å². The molecule has 0 aliphatic carbocycles. The first-order valence-corrected chi connectivity index (χ1v) is 7.76. The van der Waals surface area contributed by atoms with Gasteiger partial charge in [-0.1, -0.05) is 0 Å². The topological polar surface area (TPSA) is 58.6 Å². The van der Waals surface area contributed by atoms with E-state index in [1.807, 2.05) is 40.8 Å². The molecule has 22 heavy (non-hydrogen) atoms. The fourth-order valence-corrected chi connectivity index (χ4v) is 2.53. The first-order valence-electron chi connectivity index (χ1n) is 7.76. The summed E-state index contributed by atoms with van der Waals surface area (Å²) in [6, 6.07) is 2.09. The van der Waals surface area contributed by atoms with Gasteiger partial charge in [0.25, 0.3) is 0 Å². The minimum Gasteiger partial charge on any atom is -0.444 e. The van der Waals surface area contributed by atoms with E-state index in [1.165, 1.54) is 0 Å². The zero-order chi connectivity index (χ0) is 16.3. The molecule has 1 aromatic heterocycles. The van der Waals surface area contributed by atoms with Gasteiger partial charge in [-0.25, -0.2) is 14.8 Å². The van der Waals surface area contributed by atoms with Crippen LogP contribution >= 0.6 is 0 Å². The molecular formula is C16H26N4O2. The van der Waals surface area contributed by atoms with E-state index < -0.39 is 5.60 Å². The number of carbonyl (C=O) groups excluding carboxylic acids is 1. The average Bonchev–Trinajstić information content (AvgIpc) is 2.45. The maximum atomic E-state index is 12.2. The Hall–Kier alpha value is -1.85. The normalized spacial score (nSPS) is 19.0. The van der Waals surface area contributed by atoms with Crippen molar-refractivity contribution in [3.05, 3.63) is 18.0 Å². The number of anilines is 1. The highest BCUT2D eigenvalue weighted by Gasteiger charge is 2.30. The monoisotopic (exact) mass is 306 g/mol. The minimum atomic E-state index is -0.463. The lowest BCUT2D eigenvalue weighted by atomic mass is 10.1. The molecule has 122 valence electrons. The molecule has 6 nitrogen and oxygen atoms in total. The van der Waals surface area contributed by atoms with E-state index >= 15 is 0 Å². The highest BCUT2D eigenvalue weighted by molar-refractivity contribution is 5.68. The lowest BCUT2D eigenvalue weighted by molar-refractivity contribution is 0.0199. The van der Waals surface area contributed by atoms with E-state index in [9.17, 15) is 4.79 Å². The van der Waals surface area contributed by atoms with Gasteiger partial charge in [-0.05, 0) is 46.6 Å². The van der Waals surface area contributed by atoms with Gasteiger partial charge in [0, 0.05) is 38.1 Å². The molecule has 6 heteroatoms. The number of carbonyl (C=O) groups is 1. The third-order valence-corrected chi connectivity index (χ3v) is 3.69. The standard InChI is InChI=1S/C16H26N4O2/c1-12-8-9-17-14(18-12)19(5)13-7-6-10-20(11-13)15(21)22-16(2,3)4/h8-9,13H,6-7,10-11H2,1-5H3. The van der Waals surface area contributed by atoms with Crippen molar-refractivity contribution in [1.82, 2.24) is 14.9 Å². The van der Waals surface area contributed by atoms with Crippen molar-refractivity contribution < 1.29 is 9.53 Å². The lowest BCUT2D eigenvalue weighted by Gasteiger charge is -2.38. The zero-order valence-corrected chi connectivity index (χ0v) is 14.2. The Morgan fingerprint density at radius 2 is 2.18 bits per heavy atom. The quantitative estimate of drug-likeness (QED) is 0.840. The molecule has 0 saturated carbocycles. The van der Waals surface area contributed by atoms with Crippen LogP contribution in [0.5, 0.6) is 0 Å². The minimum absolute atomic E-state index is 0.211. The van der Waals surface area contributed by atoms with Crippen LogP contribution in [0.3, 0.4) is 0 Å². The van der Waals surface area contributed by atoms with Gasteiger partial charge >= 0.3 is 6.09 Å². The van der Waals surface area contributed by atoms with E-state index in [0.29, 0.717) is 12.5 Å². The number of aryl methyl sites for hydroxylation is 1. The Kier molecular flexibility index (Phi) is 4.88. The van der Waals surface area contributed by atoms with Gasteiger partial charge in [-0.3, -0.25) is 0 Å². The summed E-state index contributed by atoms with van der Waals surface area (Å²) in [7, 11) is 1.98. The molecule has 1 aliphatic heterocycles. The molecule has 2 rings (SSSR count). The van der Waals surface area contributed by atoms with Crippen LogP contribution in [-0.4, -0.2) is 52.7 Å². The van der Waals surface area contributed by atoms with Crippen molar-refractivity contribution in [2.75, 3.05) is 25.0 Å². The summed E-state index contributed by atoms with van der Waals surface area (Å²) >= 11 is 0. The molecule has 0 N–H and O–H groups in total. The predicted octanol–water partition coefficient (Wildman–Crippen LogP) is 2.62. The van der Waals surface area contributed by atoms with Gasteiger partial charge in [0.15, 0.2) is 0 Å². The molecule has 2 heterocycles. The molecule has 0 aromatic carbocycles. The maximum absolute atomic E-state index is 12.2. The van der Waals surface area contributed by atoms with Gasteiger partial charge < -0.3 is 14.5 Å². The third-order valence-electron chi connectivity index (χ3n) is 3.69. The van der Waals surface area contributed by atoms with E-state index in [4.69, 9.17) is 4.74 Å². The summed E-state index contributed by atoms with van der Waals surface area (Å²) < 4.78 is 5.47. The van der Waals surface area contributed by atoms with Crippen molar-refractivity contribution in [3.63, 3.8) is 0 Å². The Morgan fingerprint density at radius 3 is 2.82 bits per heavy atom. The average molecular weight is 306 g/mol. The van der Waals surface area contributed by atoms with Crippen LogP contribution in [0.2, 0.25) is 0 Å². The number of piperidine rings is 1. The summed E-state index contributed by atoms with van der Waals surface area (Å²) in [6.45, 7) is 9.00. The SMILES string of the molecule is Cc1ccnc(N(C)C2CCCN(C(=O)OC(C)(C)C)C2)n1. The summed E-state index contributed by atoms with van der Waals surface area (Å²) in [6.07, 6.45) is 3.51. The van der Waals surface area contributed by atoms with Crippen LogP contribution in [0.4, 0.5) is 10.7 Å². The molecule has 1 saturated heterocycles. The fourth-order valence-electron chi connectivity index (χ4n) is 2.53. The summed E-state index contributed by atoms with van der Waals surface area (Å²) in [5.74, 6) is 0.705. The predicted molar refractivity (Wildman–Crippen MR) is 86.0 cm³/mol. The zero-order valence-electron chi connectivity index (χ0n) is 14.2. The van der Waals surface area contributed by atoms with E-state index in [-0.39, 0.29) is 12.1 Å². The summed E-state index contributed by atoms with van der Waals surface area (Å²) in [4.78, 5) is 24.9. The van der Waals surface area contributed by atoms with Crippen LogP contribution in [-0.2, 0) is 4.74 Å². The molecule has 1 aromatic rings. The second kappa shape index (κ2) is 6.50. The number of amides is 1. The number of hydrogen-bond donors (Lipinski definition) is 0. The summed E-state index contributed by atoms with van der Waals surface area (Å²) in [5.41, 5.74) is 0.479. The number of likely N-dealkylation sites (tertiary alicyclic amines) is 1. The van der Waals surface area contributed by atoms with Crippen LogP contribution in [0.15, 0.2) is 12.3 Å². The number of likely N-dealkylation sites (N-methyl/N-ethyl adjacent to an activating group) is 1. The Labute approximate surface area is 132 Å². The third kappa shape index (κ3) is 4.32. The smallest absolute Gasteiger partial charge is 0.410 e. The highest BCUT2D eigenvalue weighted by Crippen LogP contribution is 2.20. The van der Waals surface area contributed by atoms with Gasteiger partial charge in [-0.15, -0.1) is 0 Å². The van der Waals surface area contributed by atoms with Crippen LogP contribution in [0.25, 0.3) is 0 Å². The highest BCUT2D eigenvalue weighted by atomic mass is 16.6. The fraction of sp³-hybridized carbons (Fsp3) is 0.688. The number of hydrogen-bond acceptors (Lipinski definition) is 5. The van der Waals surface area contributed by atoms with Gasteiger partial charge in [-0.2, -0.15) is 0 Å². The number of nitrogens with zero attached hydrogens (tertiary/aromatic N) is 4. The molecule has 1 atom stereocenters. The second-order valence-electron chi connectivity index (χ2n) is 6.83. The first kappa shape index (κ1) is 16.5. The first-order chi connectivity index (χ1) is 10.3. The number of ether oxygens (including phenoxy) is 1. The molecule has 1 amide bonds. The lowest BCUT2D eigenvalue weighted by Crippen LogP contribution is -2.50. The van der Waals surface area contributed by atoms with Crippen molar-refractivity contribution in [2.45, 2.75) is 52.2 Å². The Balaban J connectivity index is 2.02. The van der Waals surface area contributed by atoms with Gasteiger partial charge in [0.2, 0.25) is 5.95 Å². The van der Waals surface area contributed by atoms with E-state index in [0.717, 1.165) is 25.1 Å². The largest absolute Gasteiger partial charge is 0.444 e. The molecule has 1 fully saturated rings. The van der Waals surface area contributed by atoms with Crippen molar-refractivity contribution in [2.24, 2.45) is 0 Å². The van der Waals surface area contributed by atoms with E-state index in [1.54, 1.807) is 11.1 Å².